The predicted molar refractivity (Wildman–Crippen MR) is 52.7 cm³/mol. The summed E-state index contributed by atoms with van der Waals surface area (Å²) < 4.78 is 5.01. The van der Waals surface area contributed by atoms with E-state index in [-0.39, 0.29) is 28.7 Å². The molecular formula is C9H16O3S. The minimum absolute atomic E-state index is 0.0335. The van der Waals surface area contributed by atoms with Crippen LogP contribution in [0.15, 0.2) is 0 Å². The summed E-state index contributed by atoms with van der Waals surface area (Å²) >= 11 is 1.50. The maximum atomic E-state index is 11.2. The van der Waals surface area contributed by atoms with Crippen molar-refractivity contribution in [2.75, 3.05) is 0 Å². The molecule has 0 unspecified atom stereocenters. The highest BCUT2D eigenvalue weighted by atomic mass is 32.2. The third-order valence-electron chi connectivity index (χ3n) is 2.18. The first-order chi connectivity index (χ1) is 6.00. The number of hydrogen-bond donors (Lipinski definition) is 1. The molecular weight excluding hydrogens is 188 g/mol. The number of cyclic esters (lactones) is 1. The minimum atomic E-state index is -0.381. The van der Waals surface area contributed by atoms with Gasteiger partial charge >= 0.3 is 5.97 Å². The van der Waals surface area contributed by atoms with E-state index in [4.69, 9.17) is 4.74 Å². The Balaban J connectivity index is 2.41. The summed E-state index contributed by atoms with van der Waals surface area (Å²) in [6.07, 6.45) is 0.417. The topological polar surface area (TPSA) is 46.5 Å². The Hall–Kier alpha value is -0.220. The van der Waals surface area contributed by atoms with Gasteiger partial charge in [-0.2, -0.15) is 0 Å². The van der Waals surface area contributed by atoms with E-state index in [1.165, 1.54) is 11.8 Å². The SMILES string of the molecule is C[C@@H]1C[C@H](S[C@H](C)[C@@H](C)O)C(=O)O1. The van der Waals surface area contributed by atoms with Crippen molar-refractivity contribution >= 4 is 17.7 Å². The molecule has 0 aliphatic carbocycles. The van der Waals surface area contributed by atoms with E-state index in [0.717, 1.165) is 6.42 Å². The van der Waals surface area contributed by atoms with Crippen molar-refractivity contribution in [3.63, 3.8) is 0 Å². The third-order valence-corrected chi connectivity index (χ3v) is 3.72. The molecule has 0 spiro atoms. The molecule has 0 saturated carbocycles. The van der Waals surface area contributed by atoms with Gasteiger partial charge in [-0.15, -0.1) is 11.8 Å². The molecule has 0 aromatic rings. The molecule has 1 N–H and O–H groups in total. The van der Waals surface area contributed by atoms with Gasteiger partial charge in [0.05, 0.1) is 6.10 Å². The van der Waals surface area contributed by atoms with E-state index in [0.29, 0.717) is 0 Å². The number of hydrogen-bond acceptors (Lipinski definition) is 4. The zero-order chi connectivity index (χ0) is 10.0. The number of ether oxygens (including phenoxy) is 1. The zero-order valence-electron chi connectivity index (χ0n) is 8.19. The highest BCUT2D eigenvalue weighted by Gasteiger charge is 2.34. The summed E-state index contributed by atoms with van der Waals surface area (Å²) in [5.74, 6) is -0.134. The second kappa shape index (κ2) is 4.33. The zero-order valence-corrected chi connectivity index (χ0v) is 9.00. The van der Waals surface area contributed by atoms with Crippen LogP contribution in [0.3, 0.4) is 0 Å². The van der Waals surface area contributed by atoms with E-state index in [9.17, 15) is 9.90 Å². The van der Waals surface area contributed by atoms with Gasteiger partial charge in [0.15, 0.2) is 0 Å². The molecule has 4 atom stereocenters. The van der Waals surface area contributed by atoms with Crippen LogP contribution in [0.4, 0.5) is 0 Å². The molecule has 3 nitrogen and oxygen atoms in total. The molecule has 1 heterocycles. The molecule has 0 aromatic heterocycles. The van der Waals surface area contributed by atoms with Crippen LogP contribution in [-0.4, -0.2) is 33.8 Å². The van der Waals surface area contributed by atoms with Gasteiger partial charge in [-0.25, -0.2) is 0 Å². The van der Waals surface area contributed by atoms with Crippen molar-refractivity contribution < 1.29 is 14.6 Å². The number of aliphatic hydroxyl groups excluding tert-OH is 1. The second-order valence-corrected chi connectivity index (χ2v) is 5.14. The maximum absolute atomic E-state index is 11.2. The van der Waals surface area contributed by atoms with Crippen LogP contribution in [-0.2, 0) is 9.53 Å². The third kappa shape index (κ3) is 2.88. The summed E-state index contributed by atoms with van der Waals surface area (Å²) in [7, 11) is 0. The fraction of sp³-hybridized carbons (Fsp3) is 0.889. The van der Waals surface area contributed by atoms with Gasteiger partial charge in [0.1, 0.15) is 11.4 Å². The van der Waals surface area contributed by atoms with Crippen LogP contribution < -0.4 is 0 Å². The number of thioether (sulfide) groups is 1. The largest absolute Gasteiger partial charge is 0.462 e. The molecule has 76 valence electrons. The Morgan fingerprint density at radius 3 is 2.62 bits per heavy atom. The molecule has 1 fully saturated rings. The van der Waals surface area contributed by atoms with Crippen molar-refractivity contribution in [2.24, 2.45) is 0 Å². The van der Waals surface area contributed by atoms with Crippen LogP contribution in [0.25, 0.3) is 0 Å². The average molecular weight is 204 g/mol. The van der Waals surface area contributed by atoms with E-state index in [1.807, 2.05) is 13.8 Å². The molecule has 1 aliphatic rings. The Morgan fingerprint density at radius 1 is 1.62 bits per heavy atom. The highest BCUT2D eigenvalue weighted by Crippen LogP contribution is 2.30. The molecule has 0 bridgehead atoms. The van der Waals surface area contributed by atoms with Gasteiger partial charge in [-0.1, -0.05) is 6.92 Å². The van der Waals surface area contributed by atoms with E-state index in [1.54, 1.807) is 6.92 Å². The predicted octanol–water partition coefficient (Wildman–Crippen LogP) is 1.19. The van der Waals surface area contributed by atoms with E-state index >= 15 is 0 Å². The smallest absolute Gasteiger partial charge is 0.319 e. The van der Waals surface area contributed by atoms with Crippen LogP contribution in [0, 0.1) is 0 Å². The molecule has 0 radical (unpaired) electrons. The Bertz CT molecular complexity index is 193. The summed E-state index contributed by atoms with van der Waals surface area (Å²) in [4.78, 5) is 11.2. The average Bonchev–Trinajstić information content (AvgIpc) is 2.30. The standard InChI is InChI=1S/C9H16O3S/c1-5-4-8(9(11)12-5)13-7(3)6(2)10/h5-8,10H,4H2,1-3H3/t5-,6-,7-,8+/m1/s1. The molecule has 1 rings (SSSR count). The van der Waals surface area contributed by atoms with Crippen LogP contribution in [0.2, 0.25) is 0 Å². The molecule has 1 aliphatic heterocycles. The van der Waals surface area contributed by atoms with Crippen LogP contribution >= 0.6 is 11.8 Å². The van der Waals surface area contributed by atoms with Gasteiger partial charge in [0.2, 0.25) is 0 Å². The first kappa shape index (κ1) is 10.9. The molecule has 13 heavy (non-hydrogen) atoms. The van der Waals surface area contributed by atoms with E-state index < -0.39 is 0 Å². The number of rotatable bonds is 3. The second-order valence-electron chi connectivity index (χ2n) is 3.55. The number of aliphatic hydroxyl groups is 1. The lowest BCUT2D eigenvalue weighted by Crippen LogP contribution is -2.21. The number of carbonyl (C=O) groups excluding carboxylic acids is 1. The molecule has 0 aromatic carbocycles. The van der Waals surface area contributed by atoms with Gasteiger partial charge in [0.25, 0.3) is 0 Å². The Labute approximate surface area is 82.8 Å². The van der Waals surface area contributed by atoms with Gasteiger partial charge < -0.3 is 9.84 Å². The minimum Gasteiger partial charge on any atom is -0.462 e. The monoisotopic (exact) mass is 204 g/mol. The quantitative estimate of drug-likeness (QED) is 0.702. The molecule has 0 amide bonds. The van der Waals surface area contributed by atoms with Gasteiger partial charge in [0, 0.05) is 11.7 Å². The van der Waals surface area contributed by atoms with Crippen molar-refractivity contribution in [1.82, 2.24) is 0 Å². The molecule has 4 heteroatoms. The lowest BCUT2D eigenvalue weighted by molar-refractivity contribution is -0.140. The maximum Gasteiger partial charge on any atom is 0.319 e. The lowest BCUT2D eigenvalue weighted by atomic mass is 10.2. The van der Waals surface area contributed by atoms with Gasteiger partial charge in [-0.05, 0) is 13.8 Å². The lowest BCUT2D eigenvalue weighted by Gasteiger charge is -2.16. The fourth-order valence-corrected chi connectivity index (χ4v) is 2.50. The van der Waals surface area contributed by atoms with Crippen LogP contribution in [0.5, 0.6) is 0 Å². The number of esters is 1. The van der Waals surface area contributed by atoms with Crippen molar-refractivity contribution in [3.8, 4) is 0 Å². The van der Waals surface area contributed by atoms with Crippen molar-refractivity contribution in [1.29, 1.82) is 0 Å². The fourth-order valence-electron chi connectivity index (χ4n) is 1.20. The number of carbonyl (C=O) groups is 1. The summed E-state index contributed by atoms with van der Waals surface area (Å²) in [5.41, 5.74) is 0. The summed E-state index contributed by atoms with van der Waals surface area (Å²) in [5, 5.41) is 9.26. The summed E-state index contributed by atoms with van der Waals surface area (Å²) in [6, 6.07) is 0. The Morgan fingerprint density at radius 2 is 2.23 bits per heavy atom. The van der Waals surface area contributed by atoms with Crippen LogP contribution in [0.1, 0.15) is 27.2 Å². The van der Waals surface area contributed by atoms with Crippen molar-refractivity contribution in [2.45, 2.75) is 49.9 Å². The van der Waals surface area contributed by atoms with Gasteiger partial charge in [-0.3, -0.25) is 4.79 Å². The normalized spacial score (nSPS) is 32.8. The van der Waals surface area contributed by atoms with Crippen molar-refractivity contribution in [3.05, 3.63) is 0 Å². The first-order valence-electron chi connectivity index (χ1n) is 4.54. The highest BCUT2D eigenvalue weighted by molar-refractivity contribution is 8.01. The summed E-state index contributed by atoms with van der Waals surface area (Å²) in [6.45, 7) is 5.55. The van der Waals surface area contributed by atoms with E-state index in [2.05, 4.69) is 0 Å². The molecule has 1 saturated heterocycles. The Kier molecular flexibility index (Phi) is 3.62. The first-order valence-corrected chi connectivity index (χ1v) is 5.49.